The molecular formula is C17H26FNO2. The lowest BCUT2D eigenvalue weighted by atomic mass is 9.67. The highest BCUT2D eigenvalue weighted by molar-refractivity contribution is 5.32. The Morgan fingerprint density at radius 3 is 2.24 bits per heavy atom. The predicted molar refractivity (Wildman–Crippen MR) is 81.9 cm³/mol. The molecule has 118 valence electrons. The minimum atomic E-state index is -0.481. The summed E-state index contributed by atoms with van der Waals surface area (Å²) in [5.74, 6) is 0.169. The minimum absolute atomic E-state index is 0.306. The van der Waals surface area contributed by atoms with E-state index in [4.69, 9.17) is 15.2 Å². The van der Waals surface area contributed by atoms with Crippen LogP contribution in [-0.4, -0.2) is 19.8 Å². The molecule has 1 aromatic carbocycles. The van der Waals surface area contributed by atoms with E-state index in [2.05, 4.69) is 13.8 Å². The van der Waals surface area contributed by atoms with Crippen LogP contribution in [0.2, 0.25) is 0 Å². The summed E-state index contributed by atoms with van der Waals surface area (Å²) in [6.45, 7) is 4.51. The van der Waals surface area contributed by atoms with Gasteiger partial charge in [-0.3, -0.25) is 0 Å². The van der Waals surface area contributed by atoms with Gasteiger partial charge in [0.25, 0.3) is 0 Å². The first kappa shape index (κ1) is 16.2. The van der Waals surface area contributed by atoms with Gasteiger partial charge in [0.2, 0.25) is 0 Å². The fourth-order valence-electron chi connectivity index (χ4n) is 3.16. The van der Waals surface area contributed by atoms with E-state index in [1.54, 1.807) is 19.2 Å². The van der Waals surface area contributed by atoms with Crippen LogP contribution in [0.3, 0.4) is 0 Å². The standard InChI is InChI=1S/C17H26FNO2/c1-16(2)7-9-17(21-4,10-8-16)15(19)13-6-5-12(20-3)11-14(13)18/h5-6,11,15H,7-10,19H2,1-4H3. The van der Waals surface area contributed by atoms with Crippen LogP contribution in [0.15, 0.2) is 18.2 Å². The van der Waals surface area contributed by atoms with Crippen LogP contribution in [0.25, 0.3) is 0 Å². The van der Waals surface area contributed by atoms with Gasteiger partial charge in [-0.1, -0.05) is 19.9 Å². The zero-order chi connectivity index (χ0) is 15.7. The molecule has 1 fully saturated rings. The normalized spacial score (nSPS) is 21.8. The van der Waals surface area contributed by atoms with Crippen molar-refractivity contribution in [3.8, 4) is 5.75 Å². The molecule has 21 heavy (non-hydrogen) atoms. The largest absolute Gasteiger partial charge is 0.497 e. The van der Waals surface area contributed by atoms with Gasteiger partial charge in [-0.2, -0.15) is 0 Å². The molecule has 1 atom stereocenters. The summed E-state index contributed by atoms with van der Waals surface area (Å²) in [7, 11) is 3.20. The highest BCUT2D eigenvalue weighted by Gasteiger charge is 2.44. The second kappa shape index (κ2) is 5.93. The maximum atomic E-state index is 14.3. The van der Waals surface area contributed by atoms with Crippen LogP contribution in [0.4, 0.5) is 4.39 Å². The van der Waals surface area contributed by atoms with Crippen LogP contribution in [-0.2, 0) is 4.74 Å². The molecule has 0 aromatic heterocycles. The monoisotopic (exact) mass is 295 g/mol. The second-order valence-electron chi connectivity index (χ2n) is 6.80. The Morgan fingerprint density at radius 1 is 1.14 bits per heavy atom. The summed E-state index contributed by atoms with van der Waals surface area (Å²) >= 11 is 0. The highest BCUT2D eigenvalue weighted by atomic mass is 19.1. The number of benzene rings is 1. The van der Waals surface area contributed by atoms with E-state index in [0.717, 1.165) is 25.7 Å². The Bertz CT molecular complexity index is 492. The molecule has 0 amide bonds. The maximum absolute atomic E-state index is 14.3. The summed E-state index contributed by atoms with van der Waals surface area (Å²) in [5, 5.41) is 0. The average Bonchev–Trinajstić information content (AvgIpc) is 2.47. The summed E-state index contributed by atoms with van der Waals surface area (Å²) < 4.78 is 25.1. The van der Waals surface area contributed by atoms with Crippen molar-refractivity contribution >= 4 is 0 Å². The fourth-order valence-corrected chi connectivity index (χ4v) is 3.16. The molecule has 3 nitrogen and oxygen atoms in total. The molecule has 1 saturated carbocycles. The van der Waals surface area contributed by atoms with E-state index in [1.807, 2.05) is 0 Å². The van der Waals surface area contributed by atoms with Crippen molar-refractivity contribution in [1.29, 1.82) is 0 Å². The van der Waals surface area contributed by atoms with Crippen molar-refractivity contribution in [2.24, 2.45) is 11.1 Å². The predicted octanol–water partition coefficient (Wildman–Crippen LogP) is 3.82. The van der Waals surface area contributed by atoms with Gasteiger partial charge in [-0.25, -0.2) is 4.39 Å². The Hall–Kier alpha value is -1.13. The van der Waals surface area contributed by atoms with E-state index in [1.165, 1.54) is 13.2 Å². The van der Waals surface area contributed by atoms with Crippen LogP contribution >= 0.6 is 0 Å². The van der Waals surface area contributed by atoms with Gasteiger partial charge < -0.3 is 15.2 Å². The van der Waals surface area contributed by atoms with Crippen molar-refractivity contribution in [3.63, 3.8) is 0 Å². The van der Waals surface area contributed by atoms with Crippen LogP contribution < -0.4 is 10.5 Å². The molecule has 1 aliphatic rings. The Morgan fingerprint density at radius 2 is 1.76 bits per heavy atom. The van der Waals surface area contributed by atoms with E-state index >= 15 is 0 Å². The molecule has 0 heterocycles. The van der Waals surface area contributed by atoms with E-state index in [0.29, 0.717) is 16.7 Å². The maximum Gasteiger partial charge on any atom is 0.131 e. The van der Waals surface area contributed by atoms with Gasteiger partial charge in [0, 0.05) is 18.7 Å². The lowest BCUT2D eigenvalue weighted by Gasteiger charge is -2.46. The van der Waals surface area contributed by atoms with Gasteiger partial charge in [0.05, 0.1) is 18.8 Å². The van der Waals surface area contributed by atoms with E-state index < -0.39 is 11.6 Å². The molecule has 2 rings (SSSR count). The van der Waals surface area contributed by atoms with Crippen molar-refractivity contribution in [2.45, 2.75) is 51.2 Å². The van der Waals surface area contributed by atoms with E-state index in [-0.39, 0.29) is 5.82 Å². The lowest BCUT2D eigenvalue weighted by Crippen LogP contribution is -2.47. The molecule has 0 aliphatic heterocycles. The number of hydrogen-bond acceptors (Lipinski definition) is 3. The summed E-state index contributed by atoms with van der Waals surface area (Å²) in [4.78, 5) is 0. The number of rotatable bonds is 4. The highest BCUT2D eigenvalue weighted by Crippen LogP contribution is 2.47. The first-order valence-electron chi connectivity index (χ1n) is 7.48. The molecule has 0 spiro atoms. The quantitative estimate of drug-likeness (QED) is 0.918. The molecule has 0 saturated heterocycles. The van der Waals surface area contributed by atoms with Gasteiger partial charge in [0.15, 0.2) is 0 Å². The summed E-state index contributed by atoms with van der Waals surface area (Å²) in [6, 6.07) is 4.36. The van der Waals surface area contributed by atoms with Crippen molar-refractivity contribution in [1.82, 2.24) is 0 Å². The molecular weight excluding hydrogens is 269 g/mol. The van der Waals surface area contributed by atoms with Crippen LogP contribution in [0.1, 0.15) is 51.1 Å². The van der Waals surface area contributed by atoms with Gasteiger partial charge in [0.1, 0.15) is 11.6 Å². The summed E-state index contributed by atoms with van der Waals surface area (Å²) in [6.07, 6.45) is 3.77. The molecule has 0 bridgehead atoms. The second-order valence-corrected chi connectivity index (χ2v) is 6.80. The third-order valence-corrected chi connectivity index (χ3v) is 4.97. The number of nitrogens with two attached hydrogens (primary N) is 1. The summed E-state index contributed by atoms with van der Waals surface area (Å²) in [5.41, 5.74) is 6.71. The van der Waals surface area contributed by atoms with Crippen molar-refractivity contribution in [3.05, 3.63) is 29.6 Å². The Labute approximate surface area is 126 Å². The zero-order valence-corrected chi connectivity index (χ0v) is 13.4. The molecule has 0 radical (unpaired) electrons. The van der Waals surface area contributed by atoms with Crippen LogP contribution in [0, 0.1) is 11.2 Å². The Kier molecular flexibility index (Phi) is 4.59. The smallest absolute Gasteiger partial charge is 0.131 e. The van der Waals surface area contributed by atoms with Crippen molar-refractivity contribution in [2.75, 3.05) is 14.2 Å². The first-order chi connectivity index (χ1) is 9.83. The van der Waals surface area contributed by atoms with Gasteiger partial charge in [-0.15, -0.1) is 0 Å². The minimum Gasteiger partial charge on any atom is -0.497 e. The zero-order valence-electron chi connectivity index (χ0n) is 13.4. The Balaban J connectivity index is 2.26. The van der Waals surface area contributed by atoms with Crippen LogP contribution in [0.5, 0.6) is 5.75 Å². The average molecular weight is 295 g/mol. The molecule has 1 aromatic rings. The third kappa shape index (κ3) is 3.22. The topological polar surface area (TPSA) is 44.5 Å². The SMILES string of the molecule is COc1ccc(C(N)C2(OC)CCC(C)(C)CC2)c(F)c1. The van der Waals surface area contributed by atoms with Gasteiger partial charge >= 0.3 is 0 Å². The van der Waals surface area contributed by atoms with Gasteiger partial charge in [-0.05, 0) is 37.2 Å². The first-order valence-corrected chi connectivity index (χ1v) is 7.48. The number of hydrogen-bond donors (Lipinski definition) is 1. The number of ether oxygens (including phenoxy) is 2. The molecule has 1 aliphatic carbocycles. The number of halogens is 1. The number of methoxy groups -OCH3 is 2. The molecule has 2 N–H and O–H groups in total. The molecule has 1 unspecified atom stereocenters. The van der Waals surface area contributed by atoms with E-state index in [9.17, 15) is 4.39 Å². The third-order valence-electron chi connectivity index (χ3n) is 4.97. The fraction of sp³-hybridized carbons (Fsp3) is 0.647. The molecule has 4 heteroatoms. The van der Waals surface area contributed by atoms with Crippen molar-refractivity contribution < 1.29 is 13.9 Å². The lowest BCUT2D eigenvalue weighted by molar-refractivity contribution is -0.0800.